The second kappa shape index (κ2) is 59.6. The third-order valence-corrected chi connectivity index (χ3v) is 12.5. The van der Waals surface area contributed by atoms with Crippen LogP contribution in [0.5, 0.6) is 0 Å². The van der Waals surface area contributed by atoms with E-state index in [1.807, 2.05) is 0 Å². The molecule has 1 unspecified atom stereocenters. The normalized spacial score (nSPS) is 12.9. The predicted molar refractivity (Wildman–Crippen MR) is 311 cm³/mol. The van der Waals surface area contributed by atoms with E-state index in [1.54, 1.807) is 0 Å². The summed E-state index contributed by atoms with van der Waals surface area (Å²) in [6.07, 6.45) is 81.1. The summed E-state index contributed by atoms with van der Waals surface area (Å²) < 4.78 is 16.8. The third-order valence-electron chi connectivity index (χ3n) is 12.5. The van der Waals surface area contributed by atoms with Crippen LogP contribution in [-0.2, 0) is 28.6 Å². The van der Waals surface area contributed by atoms with Gasteiger partial charge in [-0.1, -0.05) is 259 Å². The summed E-state index contributed by atoms with van der Waals surface area (Å²) >= 11 is 0. The fourth-order valence-corrected chi connectivity index (χ4v) is 8.03. The minimum absolute atomic E-state index is 0.0805. The van der Waals surface area contributed by atoms with Gasteiger partial charge >= 0.3 is 17.9 Å². The molecule has 0 bridgehead atoms. The number of hydrogen-bond acceptors (Lipinski definition) is 6. The SMILES string of the molecule is CC/C=C\C/C=C\C/C=C\C/C=C\C/C=C\C/C=C\C/C=C\C/C=C\CCCCCCCCCCCCC(=O)OCC(COC(=O)CCCCCCCCCC)OC(=O)CCCCCCC/C=C\CCCC. The van der Waals surface area contributed by atoms with Crippen LogP contribution >= 0.6 is 0 Å². The average Bonchev–Trinajstić information content (AvgIpc) is 3.38. The number of carbonyl (C=O) groups excluding carboxylic acids is 3. The first-order valence-electron chi connectivity index (χ1n) is 29.9. The highest BCUT2D eigenvalue weighted by molar-refractivity contribution is 5.71. The lowest BCUT2D eigenvalue weighted by Gasteiger charge is -2.18. The number of allylic oxidation sites excluding steroid dienone is 18. The molecule has 0 aliphatic carbocycles. The number of rotatable bonds is 53. The molecule has 0 aliphatic rings. The predicted octanol–water partition coefficient (Wildman–Crippen LogP) is 20.3. The highest BCUT2D eigenvalue weighted by atomic mass is 16.6. The van der Waals surface area contributed by atoms with Crippen LogP contribution < -0.4 is 0 Å². The lowest BCUT2D eigenvalue weighted by Crippen LogP contribution is -2.30. The monoisotopic (exact) mass is 999 g/mol. The van der Waals surface area contributed by atoms with Crippen molar-refractivity contribution < 1.29 is 28.6 Å². The fraction of sp³-hybridized carbons (Fsp3) is 0.682. The van der Waals surface area contributed by atoms with Crippen LogP contribution in [0.2, 0.25) is 0 Å². The molecule has 0 saturated heterocycles. The van der Waals surface area contributed by atoms with Gasteiger partial charge in [-0.15, -0.1) is 0 Å². The van der Waals surface area contributed by atoms with Crippen LogP contribution in [0.4, 0.5) is 0 Å². The minimum atomic E-state index is -0.780. The summed E-state index contributed by atoms with van der Waals surface area (Å²) in [4.78, 5) is 37.9. The zero-order valence-electron chi connectivity index (χ0n) is 46.9. The van der Waals surface area contributed by atoms with Gasteiger partial charge in [-0.2, -0.15) is 0 Å². The Labute approximate surface area is 444 Å². The van der Waals surface area contributed by atoms with E-state index in [1.165, 1.54) is 109 Å². The maximum atomic E-state index is 12.7. The van der Waals surface area contributed by atoms with Crippen molar-refractivity contribution in [3.8, 4) is 0 Å². The van der Waals surface area contributed by atoms with Gasteiger partial charge in [-0.05, 0) is 103 Å². The molecule has 0 fully saturated rings. The molecule has 6 nitrogen and oxygen atoms in total. The largest absolute Gasteiger partial charge is 0.462 e. The van der Waals surface area contributed by atoms with Crippen LogP contribution in [0.25, 0.3) is 0 Å². The topological polar surface area (TPSA) is 78.9 Å². The Kier molecular flexibility index (Phi) is 56.4. The van der Waals surface area contributed by atoms with Crippen LogP contribution in [0, 0.1) is 0 Å². The Hall–Kier alpha value is -3.93. The van der Waals surface area contributed by atoms with Crippen molar-refractivity contribution in [2.45, 2.75) is 277 Å². The summed E-state index contributed by atoms with van der Waals surface area (Å²) in [5, 5.41) is 0. The molecule has 6 heteroatoms. The third kappa shape index (κ3) is 57.0. The van der Waals surface area contributed by atoms with Crippen molar-refractivity contribution in [3.05, 3.63) is 109 Å². The zero-order valence-corrected chi connectivity index (χ0v) is 46.9. The van der Waals surface area contributed by atoms with Gasteiger partial charge < -0.3 is 14.2 Å². The second-order valence-electron chi connectivity index (χ2n) is 19.5. The molecule has 0 radical (unpaired) electrons. The number of hydrogen-bond donors (Lipinski definition) is 0. The smallest absolute Gasteiger partial charge is 0.306 e. The molecule has 0 saturated carbocycles. The molecule has 0 amide bonds. The highest BCUT2D eigenvalue weighted by Gasteiger charge is 2.19. The van der Waals surface area contributed by atoms with E-state index >= 15 is 0 Å². The standard InChI is InChI=1S/C66H110O6/c1-4-7-10-13-16-19-21-22-23-24-25-26-27-28-29-30-31-32-33-34-35-36-37-38-39-40-41-42-43-44-46-47-50-53-56-59-65(68)71-62-63(61-70-64(67)58-55-52-49-18-15-12-9-6-3)72-66(69)60-57-54-51-48-45-20-17-14-11-8-5-2/h7,10,14,16-17,19,22-23,25-26,28-29,31-32,34-35,37-38,63H,4-6,8-9,11-13,15,18,20-21,24,27,30,33,36,39-62H2,1-3H3/b10-7-,17-14-,19-16-,23-22-,26-25-,29-28-,32-31-,35-34-,38-37-. The zero-order chi connectivity index (χ0) is 52.2. The van der Waals surface area contributed by atoms with Crippen LogP contribution in [0.1, 0.15) is 271 Å². The molecule has 0 heterocycles. The Morgan fingerprint density at radius 1 is 0.292 bits per heavy atom. The van der Waals surface area contributed by atoms with Gasteiger partial charge in [-0.3, -0.25) is 14.4 Å². The Morgan fingerprint density at radius 3 is 0.903 bits per heavy atom. The molecule has 410 valence electrons. The lowest BCUT2D eigenvalue weighted by molar-refractivity contribution is -0.167. The van der Waals surface area contributed by atoms with Gasteiger partial charge in [0, 0.05) is 19.3 Å². The summed E-state index contributed by atoms with van der Waals surface area (Å²) in [5.41, 5.74) is 0. The van der Waals surface area contributed by atoms with Crippen LogP contribution in [-0.4, -0.2) is 37.2 Å². The second-order valence-corrected chi connectivity index (χ2v) is 19.5. The van der Waals surface area contributed by atoms with Gasteiger partial charge in [0.2, 0.25) is 0 Å². The Bertz CT molecular complexity index is 1470. The van der Waals surface area contributed by atoms with Crippen molar-refractivity contribution in [2.75, 3.05) is 13.2 Å². The van der Waals surface area contributed by atoms with E-state index in [4.69, 9.17) is 14.2 Å². The quantitative estimate of drug-likeness (QED) is 0.0261. The Balaban J connectivity index is 4.07. The minimum Gasteiger partial charge on any atom is -0.462 e. The van der Waals surface area contributed by atoms with Crippen molar-refractivity contribution in [1.82, 2.24) is 0 Å². The van der Waals surface area contributed by atoms with Crippen molar-refractivity contribution in [2.24, 2.45) is 0 Å². The molecule has 72 heavy (non-hydrogen) atoms. The molecule has 0 rings (SSSR count). The van der Waals surface area contributed by atoms with Gasteiger partial charge in [0.25, 0.3) is 0 Å². The maximum absolute atomic E-state index is 12.7. The first-order chi connectivity index (χ1) is 35.5. The summed E-state index contributed by atoms with van der Waals surface area (Å²) in [7, 11) is 0. The van der Waals surface area contributed by atoms with Gasteiger partial charge in [-0.25, -0.2) is 0 Å². The number of ether oxygens (including phenoxy) is 3. The fourth-order valence-electron chi connectivity index (χ4n) is 8.03. The van der Waals surface area contributed by atoms with Crippen molar-refractivity contribution in [1.29, 1.82) is 0 Å². The van der Waals surface area contributed by atoms with E-state index < -0.39 is 6.10 Å². The Morgan fingerprint density at radius 2 is 0.556 bits per heavy atom. The van der Waals surface area contributed by atoms with E-state index in [2.05, 4.69) is 130 Å². The molecule has 0 aromatic carbocycles. The molecule has 0 aromatic rings. The molecule has 0 aliphatic heterocycles. The molecule has 0 spiro atoms. The number of carbonyl (C=O) groups is 3. The van der Waals surface area contributed by atoms with E-state index in [-0.39, 0.29) is 31.1 Å². The first kappa shape index (κ1) is 68.1. The average molecular weight is 1000 g/mol. The summed E-state index contributed by atoms with van der Waals surface area (Å²) in [6, 6.07) is 0. The number of esters is 3. The molecular weight excluding hydrogens is 889 g/mol. The van der Waals surface area contributed by atoms with Crippen LogP contribution in [0.3, 0.4) is 0 Å². The maximum Gasteiger partial charge on any atom is 0.306 e. The van der Waals surface area contributed by atoms with Crippen LogP contribution in [0.15, 0.2) is 109 Å². The highest BCUT2D eigenvalue weighted by Crippen LogP contribution is 2.15. The molecule has 0 N–H and O–H groups in total. The van der Waals surface area contributed by atoms with Gasteiger partial charge in [0.15, 0.2) is 6.10 Å². The number of unbranched alkanes of at least 4 members (excludes halogenated alkanes) is 24. The first-order valence-corrected chi connectivity index (χ1v) is 29.9. The summed E-state index contributed by atoms with van der Waals surface area (Å²) in [6.45, 7) is 6.44. The van der Waals surface area contributed by atoms with E-state index in [0.717, 1.165) is 122 Å². The van der Waals surface area contributed by atoms with Gasteiger partial charge in [0.05, 0.1) is 0 Å². The summed E-state index contributed by atoms with van der Waals surface area (Å²) in [5.74, 6) is -0.899. The molecule has 0 aromatic heterocycles. The molecule has 1 atom stereocenters. The van der Waals surface area contributed by atoms with Crippen molar-refractivity contribution >= 4 is 17.9 Å². The van der Waals surface area contributed by atoms with Gasteiger partial charge in [0.1, 0.15) is 13.2 Å². The molecular formula is C66H110O6. The van der Waals surface area contributed by atoms with E-state index in [9.17, 15) is 14.4 Å². The lowest BCUT2D eigenvalue weighted by atomic mass is 10.1. The van der Waals surface area contributed by atoms with Crippen molar-refractivity contribution in [3.63, 3.8) is 0 Å². The van der Waals surface area contributed by atoms with E-state index in [0.29, 0.717) is 19.3 Å².